The topological polar surface area (TPSA) is 91.3 Å². The molecule has 0 fully saturated rings. The van der Waals surface area contributed by atoms with Gasteiger partial charge in [0.25, 0.3) is 0 Å². The highest BCUT2D eigenvalue weighted by Crippen LogP contribution is 2.46. The number of phosphoric acid groups is 1. The zero-order valence-electron chi connectivity index (χ0n) is 23.5. The molecule has 0 radical (unpaired) electrons. The Morgan fingerprint density at radius 1 is 0.789 bits per heavy atom. The molecule has 220 valence electrons. The van der Waals surface area contributed by atoms with Crippen molar-refractivity contribution in [3.8, 4) is 0 Å². The van der Waals surface area contributed by atoms with Crippen molar-refractivity contribution in [1.82, 2.24) is 0 Å². The summed E-state index contributed by atoms with van der Waals surface area (Å²) in [4.78, 5) is 21.5. The maximum Gasteiger partial charge on any atom is 0.472 e. The average Bonchev–Trinajstić information content (AvgIpc) is 2.89. The molecule has 9 heteroatoms. The van der Waals surface area contributed by atoms with Crippen molar-refractivity contribution in [2.45, 2.75) is 115 Å². The van der Waals surface area contributed by atoms with E-state index in [0.717, 1.165) is 6.42 Å². The third kappa shape index (κ3) is 18.5. The first kappa shape index (κ1) is 35.3. The van der Waals surface area contributed by atoms with Crippen LogP contribution < -0.4 is 0 Å². The Labute approximate surface area is 239 Å². The number of benzene rings is 1. The number of alkyl halides is 1. The SMILES string of the molecule is CCCCCCCCCCCCCCCCOCCCOP(=O)(O)OCC(Br)(OC(C)=O)c1ccccc1. The van der Waals surface area contributed by atoms with Crippen LogP contribution in [0.3, 0.4) is 0 Å². The van der Waals surface area contributed by atoms with Gasteiger partial charge in [0.05, 0.1) is 6.61 Å². The molecule has 1 aromatic rings. The summed E-state index contributed by atoms with van der Waals surface area (Å²) in [6.07, 6.45) is 19.0. The quantitative estimate of drug-likeness (QED) is 0.0505. The first-order valence-electron chi connectivity index (χ1n) is 14.4. The van der Waals surface area contributed by atoms with Gasteiger partial charge >= 0.3 is 13.8 Å². The number of hydrogen-bond donors (Lipinski definition) is 1. The van der Waals surface area contributed by atoms with Gasteiger partial charge in [0.2, 0.25) is 4.51 Å². The molecule has 38 heavy (non-hydrogen) atoms. The first-order valence-corrected chi connectivity index (χ1v) is 16.7. The van der Waals surface area contributed by atoms with Crippen molar-refractivity contribution in [1.29, 1.82) is 0 Å². The molecule has 7 nitrogen and oxygen atoms in total. The Morgan fingerprint density at radius 2 is 1.29 bits per heavy atom. The highest BCUT2D eigenvalue weighted by atomic mass is 79.9. The third-order valence-corrected chi connectivity index (χ3v) is 8.07. The van der Waals surface area contributed by atoms with Crippen LogP contribution in [-0.4, -0.2) is 37.3 Å². The molecule has 1 aromatic carbocycles. The molecule has 0 amide bonds. The number of esters is 1. The molecule has 0 aliphatic rings. The van der Waals surface area contributed by atoms with Crippen molar-refractivity contribution in [3.05, 3.63) is 35.9 Å². The van der Waals surface area contributed by atoms with Gasteiger partial charge in [-0.05, 0) is 28.8 Å². The maximum atomic E-state index is 12.3. The lowest BCUT2D eigenvalue weighted by Gasteiger charge is -2.28. The average molecular weight is 622 g/mol. The molecule has 2 unspecified atom stereocenters. The van der Waals surface area contributed by atoms with Gasteiger partial charge in [0.15, 0.2) is 0 Å². The number of carbonyl (C=O) groups excluding carboxylic acids is 1. The molecule has 0 heterocycles. The van der Waals surface area contributed by atoms with Crippen LogP contribution in [0.2, 0.25) is 0 Å². The van der Waals surface area contributed by atoms with E-state index in [2.05, 4.69) is 22.9 Å². The summed E-state index contributed by atoms with van der Waals surface area (Å²) in [7, 11) is -4.32. The summed E-state index contributed by atoms with van der Waals surface area (Å²) in [6, 6.07) is 8.79. The highest BCUT2D eigenvalue weighted by Gasteiger charge is 2.36. The molecule has 0 saturated heterocycles. The van der Waals surface area contributed by atoms with Gasteiger partial charge in [0, 0.05) is 25.7 Å². The molecule has 0 aliphatic carbocycles. The van der Waals surface area contributed by atoms with Crippen molar-refractivity contribution < 1.29 is 32.8 Å². The Kier molecular flexibility index (Phi) is 20.4. The molecule has 1 N–H and O–H groups in total. The van der Waals surface area contributed by atoms with Gasteiger partial charge in [-0.25, -0.2) is 4.57 Å². The number of carbonyl (C=O) groups is 1. The van der Waals surface area contributed by atoms with E-state index in [-0.39, 0.29) is 13.2 Å². The van der Waals surface area contributed by atoms with Crippen LogP contribution >= 0.6 is 23.8 Å². The summed E-state index contributed by atoms with van der Waals surface area (Å²) in [5.41, 5.74) is 0.576. The Morgan fingerprint density at radius 3 is 1.82 bits per heavy atom. The Bertz CT molecular complexity index is 765. The summed E-state index contributed by atoms with van der Waals surface area (Å²) in [5.74, 6) is -0.557. The zero-order chi connectivity index (χ0) is 28.0. The summed E-state index contributed by atoms with van der Waals surface area (Å²) >= 11 is 3.33. The monoisotopic (exact) mass is 620 g/mol. The lowest BCUT2D eigenvalue weighted by molar-refractivity contribution is -0.151. The number of unbranched alkanes of at least 4 members (excludes halogenated alkanes) is 13. The molecular weight excluding hydrogens is 571 g/mol. The van der Waals surface area contributed by atoms with Crippen LogP contribution in [-0.2, 0) is 32.4 Å². The molecule has 0 saturated carbocycles. The van der Waals surface area contributed by atoms with Gasteiger partial charge in [-0.15, -0.1) is 0 Å². The van der Waals surface area contributed by atoms with E-state index in [9.17, 15) is 14.3 Å². The first-order chi connectivity index (χ1) is 18.3. The van der Waals surface area contributed by atoms with Crippen molar-refractivity contribution in [2.24, 2.45) is 0 Å². The van der Waals surface area contributed by atoms with E-state index in [0.29, 0.717) is 25.2 Å². The van der Waals surface area contributed by atoms with Crippen LogP contribution in [0.1, 0.15) is 116 Å². The van der Waals surface area contributed by atoms with Crippen LogP contribution in [0.5, 0.6) is 0 Å². The van der Waals surface area contributed by atoms with E-state index < -0.39 is 18.3 Å². The van der Waals surface area contributed by atoms with E-state index in [1.165, 1.54) is 90.4 Å². The minimum absolute atomic E-state index is 0.0285. The standard InChI is InChI=1S/C29H50BrO7P/c1-3-4-5-6-7-8-9-10-11-12-13-14-15-19-23-34-24-20-25-35-38(32,33)36-26-29(30,37-27(2)31)28-21-17-16-18-22-28/h16-18,21-22H,3-15,19-20,23-26H2,1-2H3,(H,32,33). The van der Waals surface area contributed by atoms with E-state index in [4.69, 9.17) is 18.5 Å². The summed E-state index contributed by atoms with van der Waals surface area (Å²) in [6.45, 7) is 4.31. The molecule has 0 bridgehead atoms. The summed E-state index contributed by atoms with van der Waals surface area (Å²) < 4.78 is 32.0. The van der Waals surface area contributed by atoms with Crippen LogP contribution in [0.25, 0.3) is 0 Å². The minimum atomic E-state index is -4.32. The second-order valence-electron chi connectivity index (χ2n) is 9.83. The van der Waals surface area contributed by atoms with Crippen molar-refractivity contribution in [2.75, 3.05) is 26.4 Å². The fourth-order valence-electron chi connectivity index (χ4n) is 4.13. The number of halogens is 1. The zero-order valence-corrected chi connectivity index (χ0v) is 26.0. The lowest BCUT2D eigenvalue weighted by atomic mass is 10.0. The van der Waals surface area contributed by atoms with E-state index >= 15 is 0 Å². The fraction of sp³-hybridized carbons (Fsp3) is 0.759. The second kappa shape index (κ2) is 22.0. The molecule has 0 spiro atoms. The van der Waals surface area contributed by atoms with Crippen molar-refractivity contribution in [3.63, 3.8) is 0 Å². The maximum absolute atomic E-state index is 12.3. The van der Waals surface area contributed by atoms with Crippen LogP contribution in [0.15, 0.2) is 30.3 Å². The second-order valence-corrected chi connectivity index (χ2v) is 12.6. The number of phosphoric ester groups is 1. The van der Waals surface area contributed by atoms with Gasteiger partial charge in [-0.3, -0.25) is 13.8 Å². The molecule has 0 aliphatic heterocycles. The van der Waals surface area contributed by atoms with Crippen molar-refractivity contribution >= 4 is 29.7 Å². The minimum Gasteiger partial charge on any atom is -0.440 e. The molecule has 2 atom stereocenters. The summed E-state index contributed by atoms with van der Waals surface area (Å²) in [5, 5.41) is 0. The number of rotatable bonds is 25. The van der Waals surface area contributed by atoms with E-state index in [1.54, 1.807) is 24.3 Å². The molecule has 1 rings (SSSR count). The van der Waals surface area contributed by atoms with Gasteiger partial charge in [0.1, 0.15) is 6.61 Å². The largest absolute Gasteiger partial charge is 0.472 e. The fourth-order valence-corrected chi connectivity index (χ4v) is 5.69. The van der Waals surface area contributed by atoms with Gasteiger partial charge < -0.3 is 14.4 Å². The van der Waals surface area contributed by atoms with Gasteiger partial charge in [-0.1, -0.05) is 121 Å². The molecular formula is C29H50BrO7P. The van der Waals surface area contributed by atoms with Crippen LogP contribution in [0, 0.1) is 0 Å². The lowest BCUT2D eigenvalue weighted by Crippen LogP contribution is -2.30. The van der Waals surface area contributed by atoms with E-state index in [1.807, 2.05) is 6.07 Å². The predicted octanol–water partition coefficient (Wildman–Crippen LogP) is 8.82. The Hall–Kier alpha value is -0.760. The third-order valence-electron chi connectivity index (χ3n) is 6.25. The Balaban J connectivity index is 2.01. The highest BCUT2D eigenvalue weighted by molar-refractivity contribution is 9.09. The predicted molar refractivity (Wildman–Crippen MR) is 156 cm³/mol. The number of ether oxygens (including phenoxy) is 2. The smallest absolute Gasteiger partial charge is 0.440 e. The van der Waals surface area contributed by atoms with Gasteiger partial charge in [-0.2, -0.15) is 0 Å². The van der Waals surface area contributed by atoms with Crippen LogP contribution in [0.4, 0.5) is 0 Å². The number of hydrogen-bond acceptors (Lipinski definition) is 6. The normalized spacial score (nSPS) is 14.6. The molecule has 0 aromatic heterocycles.